The molecule has 1 rings (SSSR count). The Morgan fingerprint density at radius 2 is 1.92 bits per heavy atom. The maximum atomic E-state index is 15.1. The fourth-order valence-corrected chi connectivity index (χ4v) is 4.63. The third-order valence-electron chi connectivity index (χ3n) is 4.30. The number of hydrogen-bond acceptors (Lipinski definition) is 5. The molecule has 0 N–H and O–H groups in total. The highest BCUT2D eigenvalue weighted by molar-refractivity contribution is 7.44. The summed E-state index contributed by atoms with van der Waals surface area (Å²) in [5.41, 5.74) is -0.579. The highest BCUT2D eigenvalue weighted by Gasteiger charge is 2.47. The van der Waals surface area contributed by atoms with Crippen LogP contribution in [0.2, 0.25) is 0 Å². The molecule has 0 saturated carbocycles. The molecule has 1 fully saturated rings. The first kappa shape index (κ1) is 22.7. The zero-order valence-corrected chi connectivity index (χ0v) is 17.2. The SMILES string of the molecule is CCCN(CCC)P(OCCC#N)OC1[C@@H](F)C(C)(C)CO[C@@H]1CC. The average molecular weight is 376 g/mol. The van der Waals surface area contributed by atoms with Crippen molar-refractivity contribution < 1.29 is 18.2 Å². The molecular formula is C18H34FN2O3P. The number of ether oxygens (including phenoxy) is 1. The number of nitrogens with zero attached hydrogens (tertiary/aromatic N) is 2. The van der Waals surface area contributed by atoms with Gasteiger partial charge in [0.05, 0.1) is 31.8 Å². The second kappa shape index (κ2) is 11.4. The number of alkyl halides is 1. The highest BCUT2D eigenvalue weighted by Crippen LogP contribution is 2.48. The van der Waals surface area contributed by atoms with Gasteiger partial charge in [-0.3, -0.25) is 0 Å². The predicted octanol–water partition coefficient (Wildman–Crippen LogP) is 4.82. The lowest BCUT2D eigenvalue weighted by Crippen LogP contribution is -2.53. The van der Waals surface area contributed by atoms with Gasteiger partial charge in [0.15, 0.2) is 0 Å². The Bertz CT molecular complexity index is 414. The average Bonchev–Trinajstić information content (AvgIpc) is 2.58. The van der Waals surface area contributed by atoms with E-state index in [2.05, 4.69) is 24.6 Å². The van der Waals surface area contributed by atoms with Crippen LogP contribution in [0.15, 0.2) is 0 Å². The van der Waals surface area contributed by atoms with Crippen LogP contribution in [0.5, 0.6) is 0 Å². The van der Waals surface area contributed by atoms with Crippen molar-refractivity contribution in [3.05, 3.63) is 0 Å². The Morgan fingerprint density at radius 1 is 1.28 bits per heavy atom. The lowest BCUT2D eigenvalue weighted by Gasteiger charge is -2.44. The van der Waals surface area contributed by atoms with Crippen LogP contribution < -0.4 is 0 Å². The molecule has 1 aliphatic heterocycles. The van der Waals surface area contributed by atoms with E-state index in [1.807, 2.05) is 20.8 Å². The maximum Gasteiger partial charge on any atom is 0.259 e. The fraction of sp³-hybridized carbons (Fsp3) is 0.944. The van der Waals surface area contributed by atoms with Gasteiger partial charge in [-0.05, 0) is 19.3 Å². The second-order valence-electron chi connectivity index (χ2n) is 7.15. The van der Waals surface area contributed by atoms with Gasteiger partial charge in [0.25, 0.3) is 8.53 Å². The Hall–Kier alpha value is -0.310. The molecule has 0 amide bonds. The smallest absolute Gasteiger partial charge is 0.259 e. The van der Waals surface area contributed by atoms with Crippen molar-refractivity contribution in [3.8, 4) is 6.07 Å². The van der Waals surface area contributed by atoms with E-state index in [9.17, 15) is 0 Å². The van der Waals surface area contributed by atoms with E-state index in [1.54, 1.807) is 0 Å². The van der Waals surface area contributed by atoms with Crippen molar-refractivity contribution in [1.82, 2.24) is 4.67 Å². The van der Waals surface area contributed by atoms with Crippen LogP contribution >= 0.6 is 8.53 Å². The molecule has 1 saturated heterocycles. The van der Waals surface area contributed by atoms with Gasteiger partial charge < -0.3 is 13.8 Å². The summed E-state index contributed by atoms with van der Waals surface area (Å²) in [6.07, 6.45) is 0.914. The molecule has 0 aromatic heterocycles. The molecule has 1 aliphatic rings. The summed E-state index contributed by atoms with van der Waals surface area (Å²) in [5.74, 6) is 0. The number of hydrogen-bond donors (Lipinski definition) is 0. The Morgan fingerprint density at radius 3 is 2.44 bits per heavy atom. The third-order valence-corrected chi connectivity index (χ3v) is 5.98. The molecule has 0 aliphatic carbocycles. The van der Waals surface area contributed by atoms with Gasteiger partial charge in [0.1, 0.15) is 12.3 Å². The van der Waals surface area contributed by atoms with E-state index in [1.165, 1.54) is 0 Å². The van der Waals surface area contributed by atoms with Crippen LogP contribution in [-0.2, 0) is 13.8 Å². The van der Waals surface area contributed by atoms with Gasteiger partial charge in [0.2, 0.25) is 0 Å². The molecular weight excluding hydrogens is 342 g/mol. The highest BCUT2D eigenvalue weighted by atomic mass is 31.2. The summed E-state index contributed by atoms with van der Waals surface area (Å²) in [5, 5.41) is 8.78. The zero-order valence-electron chi connectivity index (χ0n) is 16.3. The quantitative estimate of drug-likeness (QED) is 0.382. The summed E-state index contributed by atoms with van der Waals surface area (Å²) in [4.78, 5) is 0. The minimum absolute atomic E-state index is 0.266. The number of rotatable bonds is 11. The van der Waals surface area contributed by atoms with Crippen molar-refractivity contribution in [1.29, 1.82) is 5.26 Å². The van der Waals surface area contributed by atoms with Gasteiger partial charge in [0, 0.05) is 18.5 Å². The van der Waals surface area contributed by atoms with E-state index >= 15 is 4.39 Å². The lowest BCUT2D eigenvalue weighted by atomic mass is 9.81. The van der Waals surface area contributed by atoms with Crippen molar-refractivity contribution in [2.75, 3.05) is 26.3 Å². The van der Waals surface area contributed by atoms with Crippen molar-refractivity contribution in [2.45, 2.75) is 78.7 Å². The third kappa shape index (κ3) is 6.73. The largest absolute Gasteiger partial charge is 0.375 e. The normalized spacial score (nSPS) is 27.2. The monoisotopic (exact) mass is 376 g/mol. The minimum atomic E-state index is -1.41. The van der Waals surface area contributed by atoms with Gasteiger partial charge in [-0.1, -0.05) is 34.6 Å². The fourth-order valence-electron chi connectivity index (χ4n) is 2.84. The second-order valence-corrected chi connectivity index (χ2v) is 8.66. The molecule has 146 valence electrons. The first-order valence-corrected chi connectivity index (χ1v) is 10.5. The Labute approximate surface area is 153 Å². The van der Waals surface area contributed by atoms with Gasteiger partial charge in [-0.25, -0.2) is 9.06 Å². The van der Waals surface area contributed by atoms with E-state index in [0.717, 1.165) is 25.9 Å². The van der Waals surface area contributed by atoms with Crippen molar-refractivity contribution in [3.63, 3.8) is 0 Å². The van der Waals surface area contributed by atoms with Crippen LogP contribution in [0.25, 0.3) is 0 Å². The topological polar surface area (TPSA) is 54.7 Å². The molecule has 0 bridgehead atoms. The summed E-state index contributed by atoms with van der Waals surface area (Å²) in [6, 6.07) is 2.08. The van der Waals surface area contributed by atoms with Gasteiger partial charge in [-0.15, -0.1) is 0 Å². The van der Waals surface area contributed by atoms with E-state index in [0.29, 0.717) is 26.1 Å². The first-order chi connectivity index (χ1) is 11.9. The van der Waals surface area contributed by atoms with Gasteiger partial charge >= 0.3 is 0 Å². The molecule has 25 heavy (non-hydrogen) atoms. The molecule has 0 aromatic carbocycles. The van der Waals surface area contributed by atoms with Crippen LogP contribution in [0, 0.1) is 16.7 Å². The summed E-state index contributed by atoms with van der Waals surface area (Å²) >= 11 is 0. The van der Waals surface area contributed by atoms with Crippen LogP contribution in [0.1, 0.15) is 60.3 Å². The zero-order chi connectivity index (χ0) is 18.9. The summed E-state index contributed by atoms with van der Waals surface area (Å²) in [6.45, 7) is 12.3. The summed E-state index contributed by atoms with van der Waals surface area (Å²) in [7, 11) is -1.41. The molecule has 5 nitrogen and oxygen atoms in total. The van der Waals surface area contributed by atoms with E-state index < -0.39 is 26.2 Å². The first-order valence-electron chi connectivity index (χ1n) is 9.38. The minimum Gasteiger partial charge on any atom is -0.375 e. The maximum absolute atomic E-state index is 15.1. The van der Waals surface area contributed by atoms with Crippen molar-refractivity contribution >= 4 is 8.53 Å². The Kier molecular flexibility index (Phi) is 10.4. The number of halogens is 1. The molecule has 0 radical (unpaired) electrons. The van der Waals surface area contributed by atoms with Crippen molar-refractivity contribution in [2.24, 2.45) is 5.41 Å². The Balaban J connectivity index is 2.92. The predicted molar refractivity (Wildman–Crippen MR) is 98.8 cm³/mol. The molecule has 4 atom stereocenters. The molecule has 7 heteroatoms. The lowest BCUT2D eigenvalue weighted by molar-refractivity contribution is -0.161. The number of nitriles is 1. The molecule has 0 spiro atoms. The summed E-state index contributed by atoms with van der Waals surface area (Å²) < 4.78 is 35.2. The van der Waals surface area contributed by atoms with E-state index in [4.69, 9.17) is 19.0 Å². The molecule has 0 aromatic rings. The van der Waals surface area contributed by atoms with Crippen LogP contribution in [0.3, 0.4) is 0 Å². The molecule has 2 unspecified atom stereocenters. The van der Waals surface area contributed by atoms with Crippen LogP contribution in [0.4, 0.5) is 4.39 Å². The van der Waals surface area contributed by atoms with Gasteiger partial charge in [-0.2, -0.15) is 5.26 Å². The van der Waals surface area contributed by atoms with E-state index in [-0.39, 0.29) is 6.10 Å². The molecule has 1 heterocycles. The standard InChI is InChI=1S/C18H34FN2O3P/c1-6-11-21(12-7-2)25(23-13-9-10-20)24-16-15(8-3)22-14-18(4,5)17(16)19/h15-17H,6-9,11-14H2,1-5H3/t15-,16?,17-,25?/m1/s1. The van der Waals surface area contributed by atoms with Crippen LogP contribution in [-0.4, -0.2) is 49.4 Å².